The number of rotatable bonds is 11. The summed E-state index contributed by atoms with van der Waals surface area (Å²) >= 11 is 0. The first kappa shape index (κ1) is 23.9. The minimum Gasteiger partial charge on any atom is -0.411 e. The van der Waals surface area contributed by atoms with Gasteiger partial charge in [-0.05, 0) is 66.5 Å². The largest absolute Gasteiger partial charge is 0.489 e. The molecule has 0 aromatic rings. The molecule has 0 atom stereocenters. The molecule has 26 heavy (non-hydrogen) atoms. The van der Waals surface area contributed by atoms with Gasteiger partial charge < -0.3 is 13.7 Å². The van der Waals surface area contributed by atoms with Crippen molar-refractivity contribution in [3.05, 3.63) is 11.2 Å². The van der Waals surface area contributed by atoms with Crippen LogP contribution in [0.25, 0.3) is 0 Å². The molecule has 1 heterocycles. The summed E-state index contributed by atoms with van der Waals surface area (Å²) in [5, 5.41) is 0. The fourth-order valence-corrected chi connectivity index (χ4v) is 5.91. The molecule has 0 bridgehead atoms. The normalized spacial score (nSPS) is 20.2. The molecule has 1 saturated heterocycles. The topological polar surface area (TPSA) is 27.7 Å². The standard InChI is InChI=1S/C21H43BO3Si/c1-10-11-12-13-14-15-16-19(17-26(8,9)23-18(2)3)22-24-20(4,5)21(6,7)25-22/h17-18H,10-16H2,1-9H3/b19-17-. The predicted molar refractivity (Wildman–Crippen MR) is 116 cm³/mol. The van der Waals surface area contributed by atoms with Crippen molar-refractivity contribution >= 4 is 15.4 Å². The highest BCUT2D eigenvalue weighted by atomic mass is 28.4. The molecule has 1 aliphatic rings. The van der Waals surface area contributed by atoms with Crippen LogP contribution in [-0.2, 0) is 13.7 Å². The van der Waals surface area contributed by atoms with Gasteiger partial charge in [0, 0.05) is 6.10 Å². The van der Waals surface area contributed by atoms with Gasteiger partial charge in [0.25, 0.3) is 0 Å². The summed E-state index contributed by atoms with van der Waals surface area (Å²) in [7, 11) is -2.13. The summed E-state index contributed by atoms with van der Waals surface area (Å²) in [6.45, 7) is 19.5. The van der Waals surface area contributed by atoms with Gasteiger partial charge in [-0.2, -0.15) is 0 Å². The lowest BCUT2D eigenvalue weighted by atomic mass is 9.76. The Bertz CT molecular complexity index is 442. The van der Waals surface area contributed by atoms with Crippen molar-refractivity contribution in [3.63, 3.8) is 0 Å². The Morgan fingerprint density at radius 2 is 1.46 bits per heavy atom. The molecule has 3 nitrogen and oxygen atoms in total. The molecule has 0 spiro atoms. The number of hydrogen-bond acceptors (Lipinski definition) is 3. The quantitative estimate of drug-likeness (QED) is 0.303. The molecular weight excluding hydrogens is 339 g/mol. The molecular formula is C21H43BO3Si. The van der Waals surface area contributed by atoms with Gasteiger partial charge in [0.15, 0.2) is 0 Å². The van der Waals surface area contributed by atoms with Gasteiger partial charge in [-0.15, -0.1) is 0 Å². The Kier molecular flexibility index (Phi) is 9.12. The van der Waals surface area contributed by atoms with Crippen molar-refractivity contribution in [2.45, 2.75) is 124 Å². The van der Waals surface area contributed by atoms with Crippen molar-refractivity contribution in [2.24, 2.45) is 0 Å². The number of allylic oxidation sites excluding steroid dienone is 1. The molecule has 152 valence electrons. The molecule has 0 aromatic carbocycles. The van der Waals surface area contributed by atoms with Crippen molar-refractivity contribution in [1.82, 2.24) is 0 Å². The number of hydrogen-bond donors (Lipinski definition) is 0. The first-order valence-electron chi connectivity index (χ1n) is 10.7. The number of unbranched alkanes of at least 4 members (excludes halogenated alkanes) is 5. The third-order valence-electron chi connectivity index (χ3n) is 5.45. The van der Waals surface area contributed by atoms with Gasteiger partial charge in [-0.1, -0.05) is 51.1 Å². The van der Waals surface area contributed by atoms with Crippen LogP contribution in [0, 0.1) is 0 Å². The van der Waals surface area contributed by atoms with Gasteiger partial charge in [-0.25, -0.2) is 0 Å². The van der Waals surface area contributed by atoms with E-state index in [4.69, 9.17) is 13.7 Å². The van der Waals surface area contributed by atoms with Crippen LogP contribution in [0.2, 0.25) is 13.1 Å². The Balaban J connectivity index is 2.83. The molecule has 1 fully saturated rings. The third-order valence-corrected chi connectivity index (χ3v) is 7.59. The van der Waals surface area contributed by atoms with Crippen molar-refractivity contribution in [2.75, 3.05) is 0 Å². The Hall–Kier alpha value is -0.0982. The highest BCUT2D eigenvalue weighted by Crippen LogP contribution is 2.39. The van der Waals surface area contributed by atoms with Crippen LogP contribution < -0.4 is 0 Å². The van der Waals surface area contributed by atoms with Gasteiger partial charge in [0.1, 0.15) is 0 Å². The second kappa shape index (κ2) is 9.90. The van der Waals surface area contributed by atoms with E-state index >= 15 is 0 Å². The maximum atomic E-state index is 6.35. The van der Waals surface area contributed by atoms with Crippen LogP contribution in [-0.4, -0.2) is 32.7 Å². The summed E-state index contributed by atoms with van der Waals surface area (Å²) in [4.78, 5) is 0. The maximum absolute atomic E-state index is 6.35. The summed E-state index contributed by atoms with van der Waals surface area (Å²) in [5.74, 6) is 0. The average Bonchev–Trinajstić information content (AvgIpc) is 2.68. The second-order valence-electron chi connectivity index (χ2n) is 9.60. The van der Waals surface area contributed by atoms with E-state index in [1.807, 2.05) is 0 Å². The van der Waals surface area contributed by atoms with Crippen LogP contribution >= 0.6 is 0 Å². The van der Waals surface area contributed by atoms with E-state index in [0.29, 0.717) is 0 Å². The monoisotopic (exact) mass is 382 g/mol. The molecule has 0 aliphatic carbocycles. The lowest BCUT2D eigenvalue weighted by molar-refractivity contribution is 0.00578. The van der Waals surface area contributed by atoms with Crippen LogP contribution in [0.3, 0.4) is 0 Å². The van der Waals surface area contributed by atoms with Gasteiger partial charge in [0.05, 0.1) is 11.2 Å². The van der Waals surface area contributed by atoms with E-state index in [1.54, 1.807) is 0 Å². The van der Waals surface area contributed by atoms with Gasteiger partial charge in [-0.3, -0.25) is 0 Å². The maximum Gasteiger partial charge on any atom is 0.489 e. The fraction of sp³-hybridized carbons (Fsp3) is 0.905. The lowest BCUT2D eigenvalue weighted by Gasteiger charge is -2.32. The Morgan fingerprint density at radius 1 is 0.962 bits per heavy atom. The van der Waals surface area contributed by atoms with E-state index in [0.717, 1.165) is 6.42 Å². The molecule has 0 unspecified atom stereocenters. The van der Waals surface area contributed by atoms with Gasteiger partial charge in [0.2, 0.25) is 8.32 Å². The molecule has 1 aliphatic heterocycles. The minimum atomic E-state index is -1.89. The van der Waals surface area contributed by atoms with E-state index in [1.165, 1.54) is 44.0 Å². The van der Waals surface area contributed by atoms with Crippen molar-refractivity contribution in [3.8, 4) is 0 Å². The average molecular weight is 382 g/mol. The minimum absolute atomic E-state index is 0.238. The molecule has 0 saturated carbocycles. The zero-order valence-corrected chi connectivity index (χ0v) is 19.9. The van der Waals surface area contributed by atoms with E-state index < -0.39 is 8.32 Å². The molecule has 0 radical (unpaired) electrons. The van der Waals surface area contributed by atoms with E-state index in [2.05, 4.69) is 67.3 Å². The highest BCUT2D eigenvalue weighted by Gasteiger charge is 2.52. The smallest absolute Gasteiger partial charge is 0.411 e. The molecule has 0 N–H and O–H groups in total. The molecule has 1 rings (SSSR count). The molecule has 0 amide bonds. The molecule has 0 aromatic heterocycles. The SMILES string of the molecule is CCCCCCCC/C(=C/[Si](C)(C)OC(C)C)B1OC(C)(C)C(C)(C)O1. The lowest BCUT2D eigenvalue weighted by Crippen LogP contribution is -2.41. The van der Waals surface area contributed by atoms with Crippen LogP contribution in [0.5, 0.6) is 0 Å². The van der Waals surface area contributed by atoms with Crippen molar-refractivity contribution in [1.29, 1.82) is 0 Å². The Morgan fingerprint density at radius 3 is 1.96 bits per heavy atom. The Labute approximate surface area is 164 Å². The summed E-state index contributed by atoms with van der Waals surface area (Å²) in [6, 6.07) is 0. The van der Waals surface area contributed by atoms with Crippen LogP contribution in [0.1, 0.15) is 93.4 Å². The van der Waals surface area contributed by atoms with Gasteiger partial charge >= 0.3 is 7.12 Å². The second-order valence-corrected chi connectivity index (χ2v) is 13.3. The summed E-state index contributed by atoms with van der Waals surface area (Å²) in [6.07, 6.45) is 9.10. The van der Waals surface area contributed by atoms with Crippen LogP contribution in [0.15, 0.2) is 11.2 Å². The van der Waals surface area contributed by atoms with E-state index in [9.17, 15) is 0 Å². The summed E-state index contributed by atoms with van der Waals surface area (Å²) in [5.41, 5.74) is 3.09. The first-order chi connectivity index (χ1) is 11.9. The first-order valence-corrected chi connectivity index (χ1v) is 13.6. The summed E-state index contributed by atoms with van der Waals surface area (Å²) < 4.78 is 18.9. The van der Waals surface area contributed by atoms with E-state index in [-0.39, 0.29) is 24.4 Å². The zero-order valence-electron chi connectivity index (χ0n) is 18.9. The van der Waals surface area contributed by atoms with Crippen molar-refractivity contribution < 1.29 is 13.7 Å². The van der Waals surface area contributed by atoms with Crippen LogP contribution in [0.4, 0.5) is 0 Å². The molecule has 5 heteroatoms. The highest BCUT2D eigenvalue weighted by molar-refractivity contribution is 6.78. The zero-order chi connectivity index (χ0) is 20.0. The third kappa shape index (κ3) is 7.49. The predicted octanol–water partition coefficient (Wildman–Crippen LogP) is 6.46. The fourth-order valence-electron chi connectivity index (χ4n) is 3.45.